The van der Waals surface area contributed by atoms with E-state index in [1.165, 1.54) is 6.42 Å². The number of nitrogens with zero attached hydrogens (tertiary/aromatic N) is 3. The summed E-state index contributed by atoms with van der Waals surface area (Å²) in [6.45, 7) is 6.67. The fraction of sp³-hybridized carbons (Fsp3) is 0.630. The molecule has 0 spiro atoms. The number of carbonyl (C=O) groups is 3. The van der Waals surface area contributed by atoms with Gasteiger partial charge in [0.2, 0.25) is 17.7 Å². The number of thiophene rings is 1. The Morgan fingerprint density at radius 2 is 1.95 bits per heavy atom. The third-order valence-electron chi connectivity index (χ3n) is 7.67. The van der Waals surface area contributed by atoms with Crippen molar-refractivity contribution in [1.29, 1.82) is 0 Å². The summed E-state index contributed by atoms with van der Waals surface area (Å²) < 4.78 is 5.00. The minimum absolute atomic E-state index is 0.00703. The fourth-order valence-corrected chi connectivity index (χ4v) is 6.14. The van der Waals surface area contributed by atoms with Crippen LogP contribution in [0.4, 0.5) is 5.82 Å². The lowest BCUT2D eigenvalue weighted by atomic mass is 9.83. The molecular weight excluding hydrogens is 490 g/mol. The van der Waals surface area contributed by atoms with Crippen molar-refractivity contribution >= 4 is 34.9 Å². The summed E-state index contributed by atoms with van der Waals surface area (Å²) in [5, 5.41) is 11.8. The summed E-state index contributed by atoms with van der Waals surface area (Å²) in [5.74, 6) is 0.406. The number of likely N-dealkylation sites (tertiary alicyclic amines) is 1. The predicted octanol–water partition coefficient (Wildman–Crippen LogP) is 4.10. The number of aryl methyl sites for hydroxylation is 1. The lowest BCUT2D eigenvalue weighted by Crippen LogP contribution is -2.65. The van der Waals surface area contributed by atoms with E-state index >= 15 is 0 Å². The Balaban J connectivity index is 1.53. The minimum atomic E-state index is -0.927. The quantitative estimate of drug-likeness (QED) is 0.480. The lowest BCUT2D eigenvalue weighted by Gasteiger charge is -2.48. The third-order valence-corrected chi connectivity index (χ3v) is 8.53. The number of hydrogen-bond donors (Lipinski definition) is 2. The molecule has 9 nitrogen and oxygen atoms in total. The van der Waals surface area contributed by atoms with Crippen molar-refractivity contribution in [3.63, 3.8) is 0 Å². The van der Waals surface area contributed by atoms with Gasteiger partial charge in [-0.3, -0.25) is 14.4 Å². The van der Waals surface area contributed by atoms with Gasteiger partial charge in [0.25, 0.3) is 0 Å². The Bertz CT molecular complexity index is 1040. The van der Waals surface area contributed by atoms with E-state index in [1.54, 1.807) is 29.2 Å². The first-order valence-electron chi connectivity index (χ1n) is 13.5. The van der Waals surface area contributed by atoms with Crippen molar-refractivity contribution in [2.75, 3.05) is 25.0 Å². The highest BCUT2D eigenvalue weighted by Crippen LogP contribution is 2.33. The van der Waals surface area contributed by atoms with Gasteiger partial charge in [0.1, 0.15) is 11.3 Å². The summed E-state index contributed by atoms with van der Waals surface area (Å²) in [6, 6.07) is 5.76. The van der Waals surface area contributed by atoms with Gasteiger partial charge in [0.05, 0.1) is 6.54 Å². The highest BCUT2D eigenvalue weighted by Gasteiger charge is 2.48. The van der Waals surface area contributed by atoms with Crippen LogP contribution >= 0.6 is 11.3 Å². The maximum absolute atomic E-state index is 14.0. The van der Waals surface area contributed by atoms with Crippen LogP contribution in [0.25, 0.3) is 0 Å². The first-order valence-corrected chi connectivity index (χ1v) is 14.4. The molecule has 0 aromatic carbocycles. The number of carbonyl (C=O) groups excluding carboxylic acids is 3. The molecular formula is C27H39N5O4S. The second-order valence-electron chi connectivity index (χ2n) is 10.2. The van der Waals surface area contributed by atoms with Crippen molar-refractivity contribution in [2.24, 2.45) is 0 Å². The maximum Gasteiger partial charge on any atom is 0.246 e. The van der Waals surface area contributed by atoms with E-state index in [-0.39, 0.29) is 36.6 Å². The van der Waals surface area contributed by atoms with Crippen LogP contribution in [0.1, 0.15) is 75.3 Å². The van der Waals surface area contributed by atoms with Crippen LogP contribution in [0.3, 0.4) is 0 Å². The molecule has 1 aliphatic heterocycles. The zero-order valence-electron chi connectivity index (χ0n) is 22.0. The molecule has 2 aromatic heterocycles. The molecule has 2 fully saturated rings. The van der Waals surface area contributed by atoms with Gasteiger partial charge in [0.15, 0.2) is 5.82 Å². The molecule has 10 heteroatoms. The van der Waals surface area contributed by atoms with Crippen molar-refractivity contribution < 1.29 is 18.9 Å². The Hall–Kier alpha value is -2.72. The monoisotopic (exact) mass is 529 g/mol. The van der Waals surface area contributed by atoms with Crippen molar-refractivity contribution in [3.8, 4) is 0 Å². The molecule has 202 valence electrons. The molecule has 0 unspecified atom stereocenters. The largest absolute Gasteiger partial charge is 0.360 e. The van der Waals surface area contributed by atoms with Gasteiger partial charge in [0, 0.05) is 42.9 Å². The number of piperidine rings is 1. The number of aromatic nitrogens is 1. The molecule has 2 aromatic rings. The Morgan fingerprint density at radius 1 is 1.19 bits per heavy atom. The average Bonchev–Trinajstić information content (AvgIpc) is 3.58. The molecule has 0 atom stereocenters. The highest BCUT2D eigenvalue weighted by atomic mass is 32.1. The predicted molar refractivity (Wildman–Crippen MR) is 143 cm³/mol. The molecule has 1 saturated heterocycles. The topological polar surface area (TPSA) is 108 Å². The Kier molecular flexibility index (Phi) is 9.37. The van der Waals surface area contributed by atoms with E-state index in [2.05, 4.69) is 27.6 Å². The van der Waals surface area contributed by atoms with Gasteiger partial charge < -0.3 is 25.0 Å². The molecule has 3 heterocycles. The molecule has 1 aliphatic carbocycles. The SMILES string of the molecule is CCN1CCC(C(=O)NC2CCCCC2)(N(Cc2cccs2)C(=O)CCC(=O)Nc2cc(C)on2)CC1. The summed E-state index contributed by atoms with van der Waals surface area (Å²) >= 11 is 1.58. The smallest absolute Gasteiger partial charge is 0.246 e. The zero-order chi connectivity index (χ0) is 26.3. The van der Waals surface area contributed by atoms with Crippen LogP contribution in [-0.4, -0.2) is 63.9 Å². The van der Waals surface area contributed by atoms with Crippen LogP contribution in [0.15, 0.2) is 28.1 Å². The molecule has 2 N–H and O–H groups in total. The second-order valence-corrected chi connectivity index (χ2v) is 11.2. The Labute approximate surface area is 222 Å². The third kappa shape index (κ3) is 6.98. The number of hydrogen-bond acceptors (Lipinski definition) is 7. The van der Waals surface area contributed by atoms with Gasteiger partial charge >= 0.3 is 0 Å². The van der Waals surface area contributed by atoms with E-state index in [0.29, 0.717) is 31.0 Å². The summed E-state index contributed by atoms with van der Waals surface area (Å²) in [5.41, 5.74) is -0.927. The standard InChI is InChI=1S/C27H39N5O4S/c1-3-31-15-13-27(14-16-31,26(35)28-21-8-5-4-6-9-21)32(19-22-10-7-17-37-22)25(34)12-11-24(33)29-23-18-20(2)36-30-23/h7,10,17-18,21H,3-6,8-9,11-16,19H2,1-2H3,(H,28,35)(H,29,30,33). The minimum Gasteiger partial charge on any atom is -0.360 e. The number of rotatable bonds is 10. The maximum atomic E-state index is 14.0. The average molecular weight is 530 g/mol. The molecule has 37 heavy (non-hydrogen) atoms. The van der Waals surface area contributed by atoms with Crippen LogP contribution in [0.2, 0.25) is 0 Å². The zero-order valence-corrected chi connectivity index (χ0v) is 22.8. The van der Waals surface area contributed by atoms with Crippen molar-refractivity contribution in [1.82, 2.24) is 20.3 Å². The Morgan fingerprint density at radius 3 is 2.57 bits per heavy atom. The van der Waals surface area contributed by atoms with E-state index in [4.69, 9.17) is 4.52 Å². The number of nitrogens with one attached hydrogen (secondary N) is 2. The molecule has 1 saturated carbocycles. The van der Waals surface area contributed by atoms with Crippen molar-refractivity contribution in [2.45, 2.75) is 89.8 Å². The van der Waals surface area contributed by atoms with E-state index < -0.39 is 5.54 Å². The van der Waals surface area contributed by atoms with Crippen LogP contribution in [0, 0.1) is 6.92 Å². The summed E-state index contributed by atoms with van der Waals surface area (Å²) in [6.07, 6.45) is 6.63. The number of amides is 3. The van der Waals surface area contributed by atoms with E-state index in [1.807, 2.05) is 17.5 Å². The van der Waals surface area contributed by atoms with Gasteiger partial charge in [-0.15, -0.1) is 11.3 Å². The molecule has 2 aliphatic rings. The second kappa shape index (κ2) is 12.7. The van der Waals surface area contributed by atoms with Gasteiger partial charge in [-0.2, -0.15) is 0 Å². The molecule has 0 bridgehead atoms. The fourth-order valence-electron chi connectivity index (χ4n) is 5.45. The van der Waals surface area contributed by atoms with Gasteiger partial charge in [-0.25, -0.2) is 0 Å². The van der Waals surface area contributed by atoms with E-state index in [9.17, 15) is 14.4 Å². The van der Waals surface area contributed by atoms with Gasteiger partial charge in [-0.05, 0) is 50.6 Å². The summed E-state index contributed by atoms with van der Waals surface area (Å²) in [7, 11) is 0. The van der Waals surface area contributed by atoms with Crippen molar-refractivity contribution in [3.05, 3.63) is 34.2 Å². The first-order chi connectivity index (χ1) is 17.9. The molecule has 4 rings (SSSR count). The summed E-state index contributed by atoms with van der Waals surface area (Å²) in [4.78, 5) is 45.5. The van der Waals surface area contributed by atoms with Crippen LogP contribution in [0.5, 0.6) is 0 Å². The molecule has 3 amide bonds. The first kappa shape index (κ1) is 27.3. The van der Waals surface area contributed by atoms with Gasteiger partial charge in [-0.1, -0.05) is 37.4 Å². The van der Waals surface area contributed by atoms with Crippen LogP contribution in [-0.2, 0) is 20.9 Å². The number of anilines is 1. The lowest BCUT2D eigenvalue weighted by molar-refractivity contribution is -0.153. The highest BCUT2D eigenvalue weighted by molar-refractivity contribution is 7.09. The van der Waals surface area contributed by atoms with Crippen LogP contribution < -0.4 is 10.6 Å². The van der Waals surface area contributed by atoms with E-state index in [0.717, 1.165) is 50.2 Å². The molecule has 0 radical (unpaired) electrons. The normalized spacial score (nSPS) is 18.3.